The largest absolute Gasteiger partial charge is 0.325 e. The molecule has 0 atom stereocenters. The van der Waals surface area contributed by atoms with Crippen molar-refractivity contribution in [3.63, 3.8) is 0 Å². The molecule has 3 rings (SSSR count). The topological polar surface area (TPSA) is 50.2 Å². The van der Waals surface area contributed by atoms with Crippen molar-refractivity contribution in [2.75, 3.05) is 19.6 Å². The zero-order chi connectivity index (χ0) is 12.0. The molecule has 1 aromatic heterocycles. The van der Waals surface area contributed by atoms with Gasteiger partial charge in [0.2, 0.25) is 0 Å². The first-order valence-electron chi connectivity index (χ1n) is 5.50. The van der Waals surface area contributed by atoms with Gasteiger partial charge in [0.05, 0.1) is 25.3 Å². The van der Waals surface area contributed by atoms with Crippen molar-refractivity contribution in [2.45, 2.75) is 19.0 Å². The number of fused-ring (bicyclic) bond motifs is 1. The fraction of sp³-hybridized carbons (Fsp3) is 0.600. The predicted octanol–water partition coefficient (Wildman–Crippen LogP) is 0.0774. The lowest BCUT2D eigenvalue weighted by atomic mass is 10.1. The van der Waals surface area contributed by atoms with Gasteiger partial charge in [-0.25, -0.2) is 8.78 Å². The molecule has 0 bridgehead atoms. The quantitative estimate of drug-likeness (QED) is 0.758. The molecule has 0 saturated carbocycles. The summed E-state index contributed by atoms with van der Waals surface area (Å²) < 4.78 is 27.1. The number of rotatable bonds is 1. The van der Waals surface area contributed by atoms with Crippen LogP contribution in [-0.4, -0.2) is 46.1 Å². The Bertz CT molecular complexity index is 439. The lowest BCUT2D eigenvalue weighted by Crippen LogP contribution is -2.58. The Morgan fingerprint density at radius 1 is 1.47 bits per heavy atom. The highest BCUT2D eigenvalue weighted by Crippen LogP contribution is 2.27. The smallest absolute Gasteiger partial charge is 0.282 e. The van der Waals surface area contributed by atoms with E-state index in [1.54, 1.807) is 10.7 Å². The van der Waals surface area contributed by atoms with Crippen LogP contribution >= 0.6 is 0 Å². The maximum atomic E-state index is 12.7. The van der Waals surface area contributed by atoms with Crippen LogP contribution in [0.2, 0.25) is 0 Å². The number of alkyl halides is 2. The zero-order valence-corrected chi connectivity index (χ0v) is 9.12. The lowest BCUT2D eigenvalue weighted by Gasteiger charge is -2.38. The summed E-state index contributed by atoms with van der Waals surface area (Å²) in [6, 6.07) is 1.67. The third-order valence-corrected chi connectivity index (χ3v) is 3.02. The van der Waals surface area contributed by atoms with E-state index in [0.717, 1.165) is 17.1 Å². The van der Waals surface area contributed by atoms with E-state index in [9.17, 15) is 13.6 Å². The number of carbonyl (C=O) groups is 1. The van der Waals surface area contributed by atoms with E-state index in [1.807, 2.05) is 0 Å². The monoisotopic (exact) mass is 242 g/mol. The van der Waals surface area contributed by atoms with Crippen LogP contribution in [0.1, 0.15) is 16.2 Å². The van der Waals surface area contributed by atoms with Gasteiger partial charge in [0.15, 0.2) is 5.69 Å². The highest BCUT2D eigenvalue weighted by atomic mass is 19.3. The molecule has 1 aromatic rings. The maximum Gasteiger partial charge on any atom is 0.282 e. The Morgan fingerprint density at radius 2 is 2.24 bits per heavy atom. The molecule has 1 amide bonds. The van der Waals surface area contributed by atoms with E-state index in [-0.39, 0.29) is 5.69 Å². The highest BCUT2D eigenvalue weighted by molar-refractivity contribution is 5.93. The molecule has 2 aliphatic rings. The summed E-state index contributed by atoms with van der Waals surface area (Å²) >= 11 is 0. The fourth-order valence-electron chi connectivity index (χ4n) is 2.12. The second kappa shape index (κ2) is 3.49. The summed E-state index contributed by atoms with van der Waals surface area (Å²) in [6.07, 6.45) is 0. The first kappa shape index (κ1) is 10.6. The Balaban J connectivity index is 1.76. The van der Waals surface area contributed by atoms with E-state index < -0.39 is 24.9 Å². The minimum absolute atomic E-state index is 0.263. The van der Waals surface area contributed by atoms with E-state index in [0.29, 0.717) is 13.1 Å². The van der Waals surface area contributed by atoms with Crippen LogP contribution in [-0.2, 0) is 13.1 Å². The molecular formula is C10H12F2N4O. The predicted molar refractivity (Wildman–Crippen MR) is 54.8 cm³/mol. The Labute approximate surface area is 96.4 Å². The molecule has 1 fully saturated rings. The van der Waals surface area contributed by atoms with Crippen molar-refractivity contribution < 1.29 is 13.6 Å². The molecule has 0 spiro atoms. The fourth-order valence-corrected chi connectivity index (χ4v) is 2.12. The lowest BCUT2D eigenvalue weighted by molar-refractivity contribution is -0.113. The van der Waals surface area contributed by atoms with Gasteiger partial charge in [-0.15, -0.1) is 0 Å². The third kappa shape index (κ3) is 1.80. The second-order valence-corrected chi connectivity index (χ2v) is 4.44. The third-order valence-electron chi connectivity index (χ3n) is 3.02. The minimum Gasteiger partial charge on any atom is -0.325 e. The number of hydrogen-bond donors (Lipinski definition) is 1. The summed E-state index contributed by atoms with van der Waals surface area (Å²) in [5.41, 5.74) is 1.19. The first-order valence-corrected chi connectivity index (χ1v) is 5.50. The number of nitrogens with one attached hydrogen (secondary N) is 1. The number of amides is 1. The summed E-state index contributed by atoms with van der Waals surface area (Å²) in [5.74, 6) is -3.13. The van der Waals surface area contributed by atoms with Gasteiger partial charge >= 0.3 is 0 Å². The number of carbonyl (C=O) groups excluding carboxylic acids is 1. The van der Waals surface area contributed by atoms with Crippen LogP contribution in [0.5, 0.6) is 0 Å². The zero-order valence-electron chi connectivity index (χ0n) is 9.12. The van der Waals surface area contributed by atoms with Gasteiger partial charge in [-0.1, -0.05) is 0 Å². The molecular weight excluding hydrogens is 230 g/mol. The molecule has 1 N–H and O–H groups in total. The average molecular weight is 242 g/mol. The number of likely N-dealkylation sites (tertiary alicyclic amines) is 1. The van der Waals surface area contributed by atoms with Crippen LogP contribution in [0.25, 0.3) is 0 Å². The maximum absolute atomic E-state index is 12.7. The Kier molecular flexibility index (Phi) is 2.19. The van der Waals surface area contributed by atoms with Crippen LogP contribution in [0.15, 0.2) is 6.07 Å². The average Bonchev–Trinajstić information content (AvgIpc) is 2.68. The van der Waals surface area contributed by atoms with E-state index in [4.69, 9.17) is 0 Å². The van der Waals surface area contributed by atoms with Gasteiger partial charge in [-0.2, -0.15) is 5.10 Å². The number of hydrogen-bond acceptors (Lipinski definition) is 3. The minimum atomic E-state index is -2.73. The van der Waals surface area contributed by atoms with Gasteiger partial charge in [0.25, 0.3) is 11.8 Å². The molecule has 0 radical (unpaired) electrons. The molecule has 3 heterocycles. The van der Waals surface area contributed by atoms with Crippen molar-refractivity contribution in [1.82, 2.24) is 20.0 Å². The normalized spacial score (nSPS) is 21.9. The summed E-state index contributed by atoms with van der Waals surface area (Å²) in [4.78, 5) is 13.0. The van der Waals surface area contributed by atoms with Crippen LogP contribution < -0.4 is 5.32 Å². The molecule has 0 aliphatic carbocycles. The number of nitrogens with zero attached hydrogens (tertiary/aromatic N) is 3. The highest BCUT2D eigenvalue weighted by Gasteiger charge is 2.46. The van der Waals surface area contributed by atoms with Crippen molar-refractivity contribution in [2.24, 2.45) is 0 Å². The van der Waals surface area contributed by atoms with Crippen LogP contribution in [0.4, 0.5) is 8.78 Å². The molecule has 0 unspecified atom stereocenters. The van der Waals surface area contributed by atoms with Gasteiger partial charge in [0, 0.05) is 13.1 Å². The molecule has 2 aliphatic heterocycles. The molecule has 7 heteroatoms. The molecule has 17 heavy (non-hydrogen) atoms. The molecule has 5 nitrogen and oxygen atoms in total. The SMILES string of the molecule is O=C(c1cc2n(n1)CCNC2)N1CC(F)(F)C1. The number of aromatic nitrogens is 2. The van der Waals surface area contributed by atoms with Crippen molar-refractivity contribution in [3.8, 4) is 0 Å². The van der Waals surface area contributed by atoms with Gasteiger partial charge < -0.3 is 10.2 Å². The first-order chi connectivity index (χ1) is 8.05. The van der Waals surface area contributed by atoms with Crippen molar-refractivity contribution in [1.29, 1.82) is 0 Å². The van der Waals surface area contributed by atoms with E-state index in [1.165, 1.54) is 0 Å². The van der Waals surface area contributed by atoms with Crippen molar-refractivity contribution in [3.05, 3.63) is 17.5 Å². The van der Waals surface area contributed by atoms with Crippen molar-refractivity contribution >= 4 is 5.91 Å². The Morgan fingerprint density at radius 3 is 2.88 bits per heavy atom. The van der Waals surface area contributed by atoms with Gasteiger partial charge in [0.1, 0.15) is 0 Å². The van der Waals surface area contributed by atoms with Crippen LogP contribution in [0, 0.1) is 0 Å². The standard InChI is InChI=1S/C10H12F2N4O/c11-10(12)5-15(6-10)9(17)8-3-7-4-13-1-2-16(7)14-8/h3,13H,1-2,4-6H2. The number of halogens is 2. The summed E-state index contributed by atoms with van der Waals surface area (Å²) in [5, 5.41) is 7.30. The molecule has 0 aromatic carbocycles. The second-order valence-electron chi connectivity index (χ2n) is 4.44. The van der Waals surface area contributed by atoms with E-state index >= 15 is 0 Å². The van der Waals surface area contributed by atoms with E-state index in [2.05, 4.69) is 10.4 Å². The Hall–Kier alpha value is -1.50. The molecule has 1 saturated heterocycles. The van der Waals surface area contributed by atoms with Gasteiger partial charge in [-0.3, -0.25) is 9.48 Å². The summed E-state index contributed by atoms with van der Waals surface area (Å²) in [7, 11) is 0. The van der Waals surface area contributed by atoms with Gasteiger partial charge in [-0.05, 0) is 6.07 Å². The summed E-state index contributed by atoms with van der Waals surface area (Å²) in [6.45, 7) is 1.19. The van der Waals surface area contributed by atoms with Crippen LogP contribution in [0.3, 0.4) is 0 Å². The molecule has 92 valence electrons.